The highest BCUT2D eigenvalue weighted by atomic mass is 16.4. The van der Waals surface area contributed by atoms with E-state index in [0.717, 1.165) is 11.3 Å². The van der Waals surface area contributed by atoms with Crippen LogP contribution in [0.3, 0.4) is 0 Å². The van der Waals surface area contributed by atoms with Crippen molar-refractivity contribution in [3.05, 3.63) is 33.2 Å². The molecule has 6 nitrogen and oxygen atoms in total. The van der Waals surface area contributed by atoms with E-state index in [2.05, 4.69) is 10.3 Å². The zero-order valence-electron chi connectivity index (χ0n) is 9.66. The van der Waals surface area contributed by atoms with Gasteiger partial charge in [-0.15, -0.1) is 0 Å². The molecule has 1 amide bonds. The van der Waals surface area contributed by atoms with Crippen LogP contribution in [-0.4, -0.2) is 28.5 Å². The van der Waals surface area contributed by atoms with Crippen LogP contribution in [0.2, 0.25) is 0 Å². The Morgan fingerprint density at radius 2 is 2.12 bits per heavy atom. The minimum absolute atomic E-state index is 0.0686. The van der Waals surface area contributed by atoms with E-state index in [1.54, 1.807) is 6.92 Å². The molecule has 0 aliphatic rings. The molecule has 0 saturated carbocycles. The smallest absolute Gasteiger partial charge is 0.322 e. The first kappa shape index (κ1) is 13.0. The molecule has 0 bridgehead atoms. The molecule has 0 fully saturated rings. The Hall–Kier alpha value is -2.11. The van der Waals surface area contributed by atoms with Gasteiger partial charge < -0.3 is 15.4 Å². The fourth-order valence-electron chi connectivity index (χ4n) is 1.46. The summed E-state index contributed by atoms with van der Waals surface area (Å²) in [7, 11) is 0. The molecule has 0 radical (unpaired) electrons. The van der Waals surface area contributed by atoms with Crippen molar-refractivity contribution in [3.8, 4) is 0 Å². The van der Waals surface area contributed by atoms with Gasteiger partial charge in [-0.2, -0.15) is 0 Å². The van der Waals surface area contributed by atoms with Crippen molar-refractivity contribution < 1.29 is 14.7 Å². The summed E-state index contributed by atoms with van der Waals surface area (Å²) in [4.78, 5) is 36.0. The van der Waals surface area contributed by atoms with Gasteiger partial charge in [-0.05, 0) is 25.0 Å². The summed E-state index contributed by atoms with van der Waals surface area (Å²) in [5, 5.41) is 10.6. The summed E-state index contributed by atoms with van der Waals surface area (Å²) in [6.45, 7) is 3.16. The number of aromatic amines is 1. The Bertz CT molecular complexity index is 505. The van der Waals surface area contributed by atoms with Crippen LogP contribution in [0.5, 0.6) is 0 Å². The zero-order valence-corrected chi connectivity index (χ0v) is 9.66. The molecule has 1 aromatic rings. The van der Waals surface area contributed by atoms with Gasteiger partial charge in [0.05, 0.1) is 0 Å². The van der Waals surface area contributed by atoms with Gasteiger partial charge in [0, 0.05) is 5.69 Å². The van der Waals surface area contributed by atoms with Crippen LogP contribution in [0, 0.1) is 6.92 Å². The molecule has 0 unspecified atom stereocenters. The van der Waals surface area contributed by atoms with Crippen LogP contribution in [-0.2, 0) is 11.2 Å². The van der Waals surface area contributed by atoms with E-state index in [4.69, 9.17) is 5.11 Å². The van der Waals surface area contributed by atoms with Crippen LogP contribution in [0.4, 0.5) is 0 Å². The molecule has 0 spiro atoms. The number of rotatable bonds is 4. The standard InChI is InChI=1S/C11H14N2O4/c1-3-8-6(2)4-7(11(17)13-8)10(16)12-5-9(14)15/h4H,3,5H2,1-2H3,(H,12,16)(H,13,17)(H,14,15). The number of aliphatic carboxylic acids is 1. The Balaban J connectivity index is 2.99. The summed E-state index contributed by atoms with van der Waals surface area (Å²) in [6.07, 6.45) is 0.665. The number of hydrogen-bond donors (Lipinski definition) is 3. The fraction of sp³-hybridized carbons (Fsp3) is 0.364. The molecule has 17 heavy (non-hydrogen) atoms. The van der Waals surface area contributed by atoms with Gasteiger partial charge in [-0.1, -0.05) is 6.92 Å². The number of carbonyl (C=O) groups excluding carboxylic acids is 1. The first-order valence-corrected chi connectivity index (χ1v) is 5.18. The highest BCUT2D eigenvalue weighted by Gasteiger charge is 2.13. The van der Waals surface area contributed by atoms with E-state index >= 15 is 0 Å². The van der Waals surface area contributed by atoms with Gasteiger partial charge in [0.25, 0.3) is 11.5 Å². The summed E-state index contributed by atoms with van der Waals surface area (Å²) < 4.78 is 0. The molecule has 0 aromatic carbocycles. The van der Waals surface area contributed by atoms with Gasteiger partial charge in [-0.3, -0.25) is 14.4 Å². The van der Waals surface area contributed by atoms with E-state index in [9.17, 15) is 14.4 Å². The molecule has 92 valence electrons. The third kappa shape index (κ3) is 3.17. The Labute approximate surface area is 97.7 Å². The molecular formula is C11H14N2O4. The van der Waals surface area contributed by atoms with Gasteiger partial charge in [0.2, 0.25) is 0 Å². The van der Waals surface area contributed by atoms with Crippen molar-refractivity contribution in [1.82, 2.24) is 10.3 Å². The fourth-order valence-corrected chi connectivity index (χ4v) is 1.46. The molecule has 1 rings (SSSR count). The predicted molar refractivity (Wildman–Crippen MR) is 61.1 cm³/mol. The number of H-pyrrole nitrogens is 1. The lowest BCUT2D eigenvalue weighted by Gasteiger charge is -2.06. The number of hydrogen-bond acceptors (Lipinski definition) is 3. The number of nitrogens with one attached hydrogen (secondary N) is 2. The third-order valence-electron chi connectivity index (χ3n) is 2.34. The van der Waals surface area contributed by atoms with Crippen molar-refractivity contribution in [1.29, 1.82) is 0 Å². The normalized spacial score (nSPS) is 10.0. The Morgan fingerprint density at radius 3 is 2.65 bits per heavy atom. The highest BCUT2D eigenvalue weighted by molar-refractivity contribution is 5.95. The van der Waals surface area contributed by atoms with Crippen molar-refractivity contribution in [2.24, 2.45) is 0 Å². The number of aromatic nitrogens is 1. The van der Waals surface area contributed by atoms with Crippen LogP contribution < -0.4 is 10.9 Å². The van der Waals surface area contributed by atoms with E-state index in [-0.39, 0.29) is 5.56 Å². The molecule has 0 atom stereocenters. The molecule has 0 saturated heterocycles. The van der Waals surface area contributed by atoms with Gasteiger partial charge in [0.1, 0.15) is 12.1 Å². The highest BCUT2D eigenvalue weighted by Crippen LogP contribution is 2.04. The van der Waals surface area contributed by atoms with Crippen LogP contribution >= 0.6 is 0 Å². The van der Waals surface area contributed by atoms with Crippen molar-refractivity contribution in [2.45, 2.75) is 20.3 Å². The zero-order chi connectivity index (χ0) is 13.0. The summed E-state index contributed by atoms with van der Waals surface area (Å²) >= 11 is 0. The molecule has 6 heteroatoms. The Morgan fingerprint density at radius 1 is 1.47 bits per heavy atom. The second-order valence-electron chi connectivity index (χ2n) is 3.60. The quantitative estimate of drug-likeness (QED) is 0.690. The minimum atomic E-state index is -1.16. The number of carboxylic acid groups (broad SMARTS) is 1. The third-order valence-corrected chi connectivity index (χ3v) is 2.34. The maximum Gasteiger partial charge on any atom is 0.322 e. The van der Waals surface area contributed by atoms with Gasteiger partial charge in [-0.25, -0.2) is 0 Å². The van der Waals surface area contributed by atoms with E-state index < -0.39 is 24.0 Å². The lowest BCUT2D eigenvalue weighted by atomic mass is 10.1. The van der Waals surface area contributed by atoms with Crippen molar-refractivity contribution in [2.75, 3.05) is 6.54 Å². The predicted octanol–water partition coefficient (Wildman–Crippen LogP) is 0.0601. The van der Waals surface area contributed by atoms with Crippen molar-refractivity contribution >= 4 is 11.9 Å². The number of carbonyl (C=O) groups is 2. The summed E-state index contributed by atoms with van der Waals surface area (Å²) in [5.41, 5.74) is 0.994. The van der Waals surface area contributed by atoms with E-state index in [1.807, 2.05) is 6.92 Å². The minimum Gasteiger partial charge on any atom is -0.480 e. The molecule has 3 N–H and O–H groups in total. The largest absolute Gasteiger partial charge is 0.480 e. The average Bonchev–Trinajstić information content (AvgIpc) is 2.28. The first-order chi connectivity index (χ1) is 7.95. The number of pyridine rings is 1. The molecule has 0 aliphatic carbocycles. The van der Waals surface area contributed by atoms with Crippen molar-refractivity contribution in [3.63, 3.8) is 0 Å². The maximum atomic E-state index is 11.6. The van der Waals surface area contributed by atoms with Crippen LogP contribution in [0.15, 0.2) is 10.9 Å². The maximum absolute atomic E-state index is 11.6. The molecule has 1 aromatic heterocycles. The average molecular weight is 238 g/mol. The molecule has 1 heterocycles. The first-order valence-electron chi connectivity index (χ1n) is 5.18. The van der Waals surface area contributed by atoms with Crippen LogP contribution in [0.25, 0.3) is 0 Å². The summed E-state index contributed by atoms with van der Waals surface area (Å²) in [6, 6.07) is 1.47. The lowest BCUT2D eigenvalue weighted by Crippen LogP contribution is -2.33. The molecule has 0 aliphatic heterocycles. The second-order valence-corrected chi connectivity index (χ2v) is 3.60. The lowest BCUT2D eigenvalue weighted by molar-refractivity contribution is -0.135. The SMILES string of the molecule is CCc1[nH]c(=O)c(C(=O)NCC(=O)O)cc1C. The Kier molecular flexibility index (Phi) is 4.03. The number of aryl methyl sites for hydroxylation is 2. The molecular weight excluding hydrogens is 224 g/mol. The van der Waals surface area contributed by atoms with E-state index in [1.165, 1.54) is 6.07 Å². The second kappa shape index (κ2) is 5.29. The van der Waals surface area contributed by atoms with Gasteiger partial charge >= 0.3 is 5.97 Å². The summed E-state index contributed by atoms with van der Waals surface area (Å²) in [5.74, 6) is -1.84. The van der Waals surface area contributed by atoms with Gasteiger partial charge in [0.15, 0.2) is 0 Å². The topological polar surface area (TPSA) is 99.3 Å². The van der Waals surface area contributed by atoms with E-state index in [0.29, 0.717) is 6.42 Å². The van der Waals surface area contributed by atoms with Crippen LogP contribution in [0.1, 0.15) is 28.5 Å². The monoisotopic (exact) mass is 238 g/mol. The number of carboxylic acids is 1. The number of amides is 1.